The summed E-state index contributed by atoms with van der Waals surface area (Å²) in [5, 5.41) is 3.27. The van der Waals surface area contributed by atoms with Gasteiger partial charge in [0.2, 0.25) is 0 Å². The predicted molar refractivity (Wildman–Crippen MR) is 104 cm³/mol. The van der Waals surface area contributed by atoms with Crippen LogP contribution >= 0.6 is 11.6 Å². The molecular formula is C20H30ClFN2O2. The van der Waals surface area contributed by atoms with Gasteiger partial charge in [0.1, 0.15) is 11.9 Å². The number of nitrogens with zero attached hydrogens (tertiary/aromatic N) is 1. The van der Waals surface area contributed by atoms with Gasteiger partial charge in [0.25, 0.3) is 5.91 Å². The highest BCUT2D eigenvalue weighted by Crippen LogP contribution is 2.24. The van der Waals surface area contributed by atoms with Crippen molar-refractivity contribution in [2.24, 2.45) is 11.3 Å². The summed E-state index contributed by atoms with van der Waals surface area (Å²) in [6.07, 6.45) is 0.889. The van der Waals surface area contributed by atoms with Crippen LogP contribution < -0.4 is 10.1 Å². The number of amides is 1. The molecule has 0 aliphatic carbocycles. The number of carbonyl (C=O) groups is 1. The largest absolute Gasteiger partial charge is 0.497 e. The van der Waals surface area contributed by atoms with Gasteiger partial charge < -0.3 is 15.0 Å². The van der Waals surface area contributed by atoms with Gasteiger partial charge in [0.05, 0.1) is 7.11 Å². The van der Waals surface area contributed by atoms with Crippen molar-refractivity contribution in [3.63, 3.8) is 0 Å². The zero-order chi connectivity index (χ0) is 19.3. The Morgan fingerprint density at radius 2 is 2.12 bits per heavy atom. The third kappa shape index (κ3) is 6.44. The molecule has 1 aliphatic rings. The fourth-order valence-corrected chi connectivity index (χ4v) is 3.31. The fraction of sp³-hybridized carbons (Fsp3) is 0.650. The highest BCUT2D eigenvalue weighted by molar-refractivity contribution is 6.31. The molecule has 1 amide bonds. The standard InChI is InChI=1S/C20H30ClFN2O2/c1-20(2,3)6-8-24-7-5-14(18(22)13-24)12-23-19(25)15-9-16(21)11-17(10-15)26-4/h9-11,14,18H,5-8,12-13H2,1-4H3,(H,23,25)/t14-,18-/m1/s1. The molecule has 0 spiro atoms. The molecule has 2 rings (SSSR count). The molecule has 1 heterocycles. The number of benzene rings is 1. The summed E-state index contributed by atoms with van der Waals surface area (Å²) in [7, 11) is 1.52. The number of hydrogen-bond acceptors (Lipinski definition) is 3. The molecule has 2 atom stereocenters. The van der Waals surface area contributed by atoms with E-state index in [9.17, 15) is 9.18 Å². The Kier molecular flexibility index (Phi) is 7.30. The first-order chi connectivity index (χ1) is 12.2. The molecule has 0 aromatic heterocycles. The molecule has 1 fully saturated rings. The van der Waals surface area contributed by atoms with E-state index in [-0.39, 0.29) is 17.2 Å². The molecule has 6 heteroatoms. The molecule has 1 N–H and O–H groups in total. The number of methoxy groups -OCH3 is 1. The van der Waals surface area contributed by atoms with Crippen molar-refractivity contribution in [2.75, 3.05) is 33.3 Å². The maximum absolute atomic E-state index is 14.5. The van der Waals surface area contributed by atoms with Gasteiger partial charge >= 0.3 is 0 Å². The smallest absolute Gasteiger partial charge is 0.251 e. The number of likely N-dealkylation sites (tertiary alicyclic amines) is 1. The lowest BCUT2D eigenvalue weighted by molar-refractivity contribution is 0.0724. The van der Waals surface area contributed by atoms with Gasteiger partial charge in [0.15, 0.2) is 0 Å². The number of ether oxygens (including phenoxy) is 1. The summed E-state index contributed by atoms with van der Waals surface area (Å²) in [5.74, 6) is 0.122. The summed E-state index contributed by atoms with van der Waals surface area (Å²) in [4.78, 5) is 14.5. The summed E-state index contributed by atoms with van der Waals surface area (Å²) < 4.78 is 19.6. The number of nitrogens with one attached hydrogen (secondary N) is 1. The summed E-state index contributed by atoms with van der Waals surface area (Å²) >= 11 is 6.00. The Labute approximate surface area is 161 Å². The number of rotatable bonds is 6. The van der Waals surface area contributed by atoms with Crippen LogP contribution in [-0.4, -0.2) is 50.3 Å². The highest BCUT2D eigenvalue weighted by atomic mass is 35.5. The van der Waals surface area contributed by atoms with Gasteiger partial charge in [-0.25, -0.2) is 4.39 Å². The molecule has 1 aromatic rings. The maximum Gasteiger partial charge on any atom is 0.251 e. The van der Waals surface area contributed by atoms with E-state index in [0.717, 1.165) is 25.9 Å². The average Bonchev–Trinajstić information content (AvgIpc) is 2.57. The molecule has 0 saturated carbocycles. The van der Waals surface area contributed by atoms with Crippen LogP contribution in [0.5, 0.6) is 5.75 Å². The van der Waals surface area contributed by atoms with E-state index in [1.807, 2.05) is 0 Å². The van der Waals surface area contributed by atoms with Crippen LogP contribution in [0.15, 0.2) is 18.2 Å². The molecule has 0 radical (unpaired) electrons. The molecule has 4 nitrogen and oxygen atoms in total. The van der Waals surface area contributed by atoms with Crippen LogP contribution in [-0.2, 0) is 0 Å². The second-order valence-corrected chi connectivity index (χ2v) is 8.70. The molecule has 1 aliphatic heterocycles. The van der Waals surface area contributed by atoms with E-state index in [0.29, 0.717) is 29.4 Å². The zero-order valence-corrected chi connectivity index (χ0v) is 16.9. The van der Waals surface area contributed by atoms with Crippen molar-refractivity contribution in [3.8, 4) is 5.75 Å². The van der Waals surface area contributed by atoms with Crippen molar-refractivity contribution < 1.29 is 13.9 Å². The minimum atomic E-state index is -0.919. The number of hydrogen-bond donors (Lipinski definition) is 1. The van der Waals surface area contributed by atoms with E-state index in [1.54, 1.807) is 18.2 Å². The second-order valence-electron chi connectivity index (χ2n) is 8.27. The lowest BCUT2D eigenvalue weighted by Gasteiger charge is -2.36. The first kappa shape index (κ1) is 21.0. The molecule has 26 heavy (non-hydrogen) atoms. The Morgan fingerprint density at radius 1 is 1.38 bits per heavy atom. The molecule has 146 valence electrons. The summed E-state index contributed by atoms with van der Waals surface area (Å²) in [6, 6.07) is 4.86. The van der Waals surface area contributed by atoms with Crippen molar-refractivity contribution >= 4 is 17.5 Å². The maximum atomic E-state index is 14.5. The minimum Gasteiger partial charge on any atom is -0.497 e. The fourth-order valence-electron chi connectivity index (χ4n) is 3.08. The van der Waals surface area contributed by atoms with Crippen molar-refractivity contribution in [1.82, 2.24) is 10.2 Å². The van der Waals surface area contributed by atoms with E-state index >= 15 is 0 Å². The Bertz CT molecular complexity index is 618. The van der Waals surface area contributed by atoms with Crippen LogP contribution in [0.3, 0.4) is 0 Å². The minimum absolute atomic E-state index is 0.147. The quantitative estimate of drug-likeness (QED) is 0.800. The normalized spacial score (nSPS) is 21.5. The number of piperidine rings is 1. The monoisotopic (exact) mass is 384 g/mol. The lowest BCUT2D eigenvalue weighted by atomic mass is 9.90. The van der Waals surface area contributed by atoms with E-state index in [2.05, 4.69) is 31.0 Å². The van der Waals surface area contributed by atoms with Gasteiger partial charge in [-0.3, -0.25) is 4.79 Å². The topological polar surface area (TPSA) is 41.6 Å². The summed E-state index contributed by atoms with van der Waals surface area (Å²) in [5.41, 5.74) is 0.682. The SMILES string of the molecule is COc1cc(Cl)cc(C(=O)NC[C@H]2CCN(CCC(C)(C)C)C[C@H]2F)c1. The average molecular weight is 385 g/mol. The Hall–Kier alpha value is -1.33. The molecular weight excluding hydrogens is 355 g/mol. The van der Waals surface area contributed by atoms with E-state index in [4.69, 9.17) is 16.3 Å². The zero-order valence-electron chi connectivity index (χ0n) is 16.1. The Morgan fingerprint density at radius 3 is 2.73 bits per heavy atom. The first-order valence-electron chi connectivity index (χ1n) is 9.17. The van der Waals surface area contributed by atoms with Crippen molar-refractivity contribution in [1.29, 1.82) is 0 Å². The van der Waals surface area contributed by atoms with Crippen LogP contribution in [0.25, 0.3) is 0 Å². The van der Waals surface area contributed by atoms with Gasteiger partial charge in [-0.15, -0.1) is 0 Å². The van der Waals surface area contributed by atoms with E-state index < -0.39 is 6.17 Å². The first-order valence-corrected chi connectivity index (χ1v) is 9.55. The molecule has 0 bridgehead atoms. The predicted octanol–water partition coefficient (Wildman–Crippen LogP) is 4.17. The van der Waals surface area contributed by atoms with Gasteiger partial charge in [0, 0.05) is 29.6 Å². The third-order valence-electron chi connectivity index (χ3n) is 4.83. The number of halogens is 2. The third-order valence-corrected chi connectivity index (χ3v) is 5.05. The number of carbonyl (C=O) groups excluding carboxylic acids is 1. The van der Waals surface area contributed by atoms with Crippen LogP contribution in [0, 0.1) is 11.3 Å². The molecule has 0 unspecified atom stereocenters. The Balaban J connectivity index is 1.83. The van der Waals surface area contributed by atoms with Crippen LogP contribution in [0.1, 0.15) is 44.0 Å². The number of alkyl halides is 1. The summed E-state index contributed by atoms with van der Waals surface area (Å²) in [6.45, 7) is 9.18. The van der Waals surface area contributed by atoms with Gasteiger partial charge in [-0.2, -0.15) is 0 Å². The van der Waals surface area contributed by atoms with Gasteiger partial charge in [-0.1, -0.05) is 32.4 Å². The van der Waals surface area contributed by atoms with Gasteiger partial charge in [-0.05, 0) is 49.5 Å². The van der Waals surface area contributed by atoms with Crippen molar-refractivity contribution in [2.45, 2.75) is 39.8 Å². The molecule has 1 aromatic carbocycles. The highest BCUT2D eigenvalue weighted by Gasteiger charge is 2.30. The van der Waals surface area contributed by atoms with Crippen molar-refractivity contribution in [3.05, 3.63) is 28.8 Å². The second kappa shape index (κ2) is 9.05. The molecule has 1 saturated heterocycles. The van der Waals surface area contributed by atoms with E-state index in [1.165, 1.54) is 7.11 Å². The lowest BCUT2D eigenvalue weighted by Crippen LogP contribution is -2.46. The van der Waals surface area contributed by atoms with Crippen LogP contribution in [0.2, 0.25) is 5.02 Å². The van der Waals surface area contributed by atoms with Crippen LogP contribution in [0.4, 0.5) is 4.39 Å².